The van der Waals surface area contributed by atoms with Gasteiger partial charge in [-0.05, 0) is 18.2 Å². The van der Waals surface area contributed by atoms with Crippen molar-refractivity contribution in [1.82, 2.24) is 4.98 Å². The Bertz CT molecular complexity index is 791. The number of benzene rings is 1. The molecular weight excluding hydrogens is 405 g/mol. The van der Waals surface area contributed by atoms with Crippen LogP contribution >= 0.6 is 27.3 Å². The van der Waals surface area contributed by atoms with E-state index in [-0.39, 0.29) is 16.9 Å². The number of aromatic hydroxyl groups is 1. The number of carbonyl (C=O) groups is 2. The number of hydrogen-bond donors (Lipinski definition) is 3. The Morgan fingerprint density at radius 1 is 1.30 bits per heavy atom. The highest BCUT2D eigenvalue weighted by atomic mass is 79.9. The predicted octanol–water partition coefficient (Wildman–Crippen LogP) is 3.58. The fourth-order valence-electron chi connectivity index (χ4n) is 1.57. The number of amides is 1. The summed E-state index contributed by atoms with van der Waals surface area (Å²) < 4.78 is 38.6. The molecule has 1 heterocycles. The molecule has 0 unspecified atom stereocenters. The van der Waals surface area contributed by atoms with E-state index >= 15 is 0 Å². The van der Waals surface area contributed by atoms with E-state index in [9.17, 15) is 27.9 Å². The number of nitrogens with one attached hydrogen (secondary N) is 1. The largest absolute Gasteiger partial charge is 0.507 e. The number of carboxylic acids is 1. The van der Waals surface area contributed by atoms with E-state index in [1.807, 2.05) is 5.32 Å². The van der Waals surface area contributed by atoms with E-state index in [0.29, 0.717) is 4.47 Å². The van der Waals surface area contributed by atoms with Crippen LogP contribution in [0.25, 0.3) is 0 Å². The minimum Gasteiger partial charge on any atom is -0.507 e. The van der Waals surface area contributed by atoms with Crippen molar-refractivity contribution in [3.05, 3.63) is 38.8 Å². The van der Waals surface area contributed by atoms with Crippen LogP contribution in [0, 0.1) is 0 Å². The van der Waals surface area contributed by atoms with Crippen LogP contribution in [0.2, 0.25) is 0 Å². The molecule has 0 aliphatic heterocycles. The van der Waals surface area contributed by atoms with Gasteiger partial charge in [0, 0.05) is 4.47 Å². The Morgan fingerprint density at radius 3 is 2.48 bits per heavy atom. The first-order chi connectivity index (χ1) is 10.6. The summed E-state index contributed by atoms with van der Waals surface area (Å²) in [6.07, 6.45) is -4.97. The lowest BCUT2D eigenvalue weighted by molar-refractivity contribution is -0.141. The number of thiazole rings is 1. The normalized spacial score (nSPS) is 11.3. The summed E-state index contributed by atoms with van der Waals surface area (Å²) in [5.74, 6) is -3.12. The van der Waals surface area contributed by atoms with Gasteiger partial charge in [0.05, 0.1) is 5.56 Å². The lowest BCUT2D eigenvalue weighted by Gasteiger charge is -2.05. The third-order valence-corrected chi connectivity index (χ3v) is 3.97. The monoisotopic (exact) mass is 410 g/mol. The zero-order valence-corrected chi connectivity index (χ0v) is 13.2. The average Bonchev–Trinajstić information content (AvgIpc) is 2.85. The molecule has 11 heteroatoms. The number of phenolic OH excluding ortho intramolecular Hbond substituents is 1. The summed E-state index contributed by atoms with van der Waals surface area (Å²) in [6.45, 7) is 0. The zero-order chi connectivity index (χ0) is 17.4. The van der Waals surface area contributed by atoms with Crippen LogP contribution in [0.1, 0.15) is 25.7 Å². The number of carboxylic acid groups (broad SMARTS) is 1. The Morgan fingerprint density at radius 2 is 1.96 bits per heavy atom. The van der Waals surface area contributed by atoms with Gasteiger partial charge < -0.3 is 10.2 Å². The summed E-state index contributed by atoms with van der Waals surface area (Å²) in [5.41, 5.74) is -1.80. The molecule has 0 fully saturated rings. The summed E-state index contributed by atoms with van der Waals surface area (Å²) in [5, 5.41) is 19.9. The molecular formula is C12H6BrF3N2O4S. The maximum atomic E-state index is 12.7. The van der Waals surface area contributed by atoms with Crippen molar-refractivity contribution in [3.63, 3.8) is 0 Å². The lowest BCUT2D eigenvalue weighted by atomic mass is 10.2. The molecule has 0 saturated heterocycles. The van der Waals surface area contributed by atoms with Gasteiger partial charge in [-0.1, -0.05) is 27.3 Å². The minimum absolute atomic E-state index is 0.172. The molecule has 1 amide bonds. The molecule has 2 aromatic rings. The first kappa shape index (κ1) is 17.2. The summed E-state index contributed by atoms with van der Waals surface area (Å²) in [7, 11) is 0. The maximum Gasteiger partial charge on any atom is 0.435 e. The molecule has 1 aromatic heterocycles. The summed E-state index contributed by atoms with van der Waals surface area (Å²) in [4.78, 5) is 24.9. The highest BCUT2D eigenvalue weighted by Gasteiger charge is 2.40. The number of alkyl halides is 3. The van der Waals surface area contributed by atoms with Crippen molar-refractivity contribution in [1.29, 1.82) is 0 Å². The molecule has 0 radical (unpaired) electrons. The predicted molar refractivity (Wildman–Crippen MR) is 77.8 cm³/mol. The molecule has 1 aromatic carbocycles. The van der Waals surface area contributed by atoms with E-state index in [2.05, 4.69) is 20.9 Å². The van der Waals surface area contributed by atoms with Gasteiger partial charge in [0.1, 0.15) is 10.6 Å². The quantitative estimate of drug-likeness (QED) is 0.717. The number of carbonyl (C=O) groups excluding carboxylic acids is 1. The third kappa shape index (κ3) is 3.79. The van der Waals surface area contributed by atoms with Crippen LogP contribution < -0.4 is 5.32 Å². The topological polar surface area (TPSA) is 99.5 Å². The number of anilines is 1. The molecule has 6 nitrogen and oxygen atoms in total. The maximum absolute atomic E-state index is 12.7. The lowest BCUT2D eigenvalue weighted by Crippen LogP contribution is -2.13. The molecule has 0 spiro atoms. The van der Waals surface area contributed by atoms with Gasteiger partial charge in [-0.15, -0.1) is 0 Å². The van der Waals surface area contributed by atoms with Crippen LogP contribution in [0.3, 0.4) is 0 Å². The molecule has 0 atom stereocenters. The van der Waals surface area contributed by atoms with Crippen molar-refractivity contribution in [2.24, 2.45) is 0 Å². The highest BCUT2D eigenvalue weighted by Crippen LogP contribution is 2.36. The standard InChI is InChI=1S/C12H6BrF3N2O4S/c13-4-1-2-6(19)5(3-4)9(20)18-11-17-8(12(14,15)16)7(23-11)10(21)22/h1-3,19H,(H,21,22)(H,17,18,20). The second-order valence-electron chi connectivity index (χ2n) is 4.12. The van der Waals surface area contributed by atoms with E-state index in [0.717, 1.165) is 0 Å². The minimum atomic E-state index is -4.97. The van der Waals surface area contributed by atoms with Crippen LogP contribution in [-0.4, -0.2) is 27.1 Å². The molecule has 122 valence electrons. The van der Waals surface area contributed by atoms with Gasteiger partial charge in [-0.3, -0.25) is 10.1 Å². The number of phenols is 1. The first-order valence-corrected chi connectivity index (χ1v) is 7.31. The number of aromatic carboxylic acids is 1. The van der Waals surface area contributed by atoms with Crippen molar-refractivity contribution < 1.29 is 33.0 Å². The average molecular weight is 411 g/mol. The van der Waals surface area contributed by atoms with Gasteiger partial charge in [0.15, 0.2) is 10.8 Å². The van der Waals surface area contributed by atoms with Gasteiger partial charge >= 0.3 is 12.1 Å². The number of nitrogens with zero attached hydrogens (tertiary/aromatic N) is 1. The summed E-state index contributed by atoms with van der Waals surface area (Å²) in [6, 6.07) is 3.92. The molecule has 0 aliphatic carbocycles. The number of rotatable bonds is 3. The molecule has 23 heavy (non-hydrogen) atoms. The van der Waals surface area contributed by atoms with E-state index in [4.69, 9.17) is 5.11 Å². The van der Waals surface area contributed by atoms with Crippen molar-refractivity contribution in [2.45, 2.75) is 6.18 Å². The first-order valence-electron chi connectivity index (χ1n) is 5.70. The third-order valence-electron chi connectivity index (χ3n) is 2.51. The van der Waals surface area contributed by atoms with Crippen LogP contribution in [0.4, 0.5) is 18.3 Å². The Hall–Kier alpha value is -2.14. The Labute approximate surface area is 138 Å². The summed E-state index contributed by atoms with van der Waals surface area (Å²) >= 11 is 3.25. The molecule has 0 saturated carbocycles. The van der Waals surface area contributed by atoms with Gasteiger partial charge in [-0.25, -0.2) is 9.78 Å². The second-order valence-corrected chi connectivity index (χ2v) is 6.03. The fourth-order valence-corrected chi connectivity index (χ4v) is 2.75. The van der Waals surface area contributed by atoms with Crippen LogP contribution in [0.15, 0.2) is 22.7 Å². The highest BCUT2D eigenvalue weighted by molar-refractivity contribution is 9.10. The van der Waals surface area contributed by atoms with E-state index in [1.165, 1.54) is 18.2 Å². The second kappa shape index (κ2) is 6.16. The number of hydrogen-bond acceptors (Lipinski definition) is 5. The van der Waals surface area contributed by atoms with E-state index < -0.39 is 39.5 Å². The number of aromatic nitrogens is 1. The smallest absolute Gasteiger partial charge is 0.435 e. The van der Waals surface area contributed by atoms with Gasteiger partial charge in [0.25, 0.3) is 5.91 Å². The van der Waals surface area contributed by atoms with Crippen LogP contribution in [-0.2, 0) is 6.18 Å². The van der Waals surface area contributed by atoms with Gasteiger partial charge in [0.2, 0.25) is 0 Å². The molecule has 3 N–H and O–H groups in total. The zero-order valence-electron chi connectivity index (χ0n) is 10.8. The van der Waals surface area contributed by atoms with Crippen molar-refractivity contribution in [3.8, 4) is 5.75 Å². The molecule has 2 rings (SSSR count). The van der Waals surface area contributed by atoms with Crippen molar-refractivity contribution in [2.75, 3.05) is 5.32 Å². The van der Waals surface area contributed by atoms with E-state index in [1.54, 1.807) is 0 Å². The van der Waals surface area contributed by atoms with Crippen LogP contribution in [0.5, 0.6) is 5.75 Å². The SMILES string of the molecule is O=C(Nc1nc(C(F)(F)F)c(C(=O)O)s1)c1cc(Br)ccc1O. The van der Waals surface area contributed by atoms with Gasteiger partial charge in [-0.2, -0.15) is 13.2 Å². The number of halogens is 4. The molecule has 0 bridgehead atoms. The Balaban J connectivity index is 2.35. The fraction of sp³-hybridized carbons (Fsp3) is 0.0833. The Kier molecular flexibility index (Phi) is 4.61. The molecule has 0 aliphatic rings. The van der Waals surface area contributed by atoms with Crippen molar-refractivity contribution >= 4 is 44.3 Å².